The van der Waals surface area contributed by atoms with Crippen LogP contribution in [0.15, 0.2) is 54.9 Å². The van der Waals surface area contributed by atoms with Crippen molar-refractivity contribution in [2.45, 2.75) is 33.0 Å². The number of fused-ring (bicyclic) bond motifs is 1. The summed E-state index contributed by atoms with van der Waals surface area (Å²) >= 11 is 0. The molecule has 1 aromatic carbocycles. The Bertz CT molecular complexity index is 932. The van der Waals surface area contributed by atoms with E-state index in [-0.39, 0.29) is 30.9 Å². The van der Waals surface area contributed by atoms with E-state index < -0.39 is 0 Å². The van der Waals surface area contributed by atoms with Gasteiger partial charge in [0.1, 0.15) is 18.0 Å². The Balaban J connectivity index is 1.53. The van der Waals surface area contributed by atoms with Crippen LogP contribution in [0.1, 0.15) is 36.3 Å². The number of imidazole rings is 1. The van der Waals surface area contributed by atoms with Crippen molar-refractivity contribution >= 4 is 17.5 Å². The van der Waals surface area contributed by atoms with Crippen LogP contribution in [0.4, 0.5) is 0 Å². The van der Waals surface area contributed by atoms with E-state index >= 15 is 0 Å². The summed E-state index contributed by atoms with van der Waals surface area (Å²) in [5, 5.41) is 2.71. The minimum absolute atomic E-state index is 0.133. The van der Waals surface area contributed by atoms with Gasteiger partial charge in [-0.3, -0.25) is 9.59 Å². The molecule has 7 nitrogen and oxygen atoms in total. The highest BCUT2D eigenvalue weighted by Crippen LogP contribution is 2.15. The number of hydrogen-bond donors (Lipinski definition) is 1. The fraction of sp³-hybridized carbons (Fsp3) is 0.286. The average Bonchev–Trinajstić information content (AvgIpc) is 3.09. The molecule has 0 unspecified atom stereocenters. The second-order valence-electron chi connectivity index (χ2n) is 6.56. The van der Waals surface area contributed by atoms with Crippen molar-refractivity contribution in [3.63, 3.8) is 0 Å². The summed E-state index contributed by atoms with van der Waals surface area (Å²) in [4.78, 5) is 28.2. The molecule has 146 valence electrons. The van der Waals surface area contributed by atoms with Gasteiger partial charge >= 0.3 is 5.97 Å². The predicted molar refractivity (Wildman–Crippen MR) is 104 cm³/mol. The molecule has 0 atom stereocenters. The van der Waals surface area contributed by atoms with Gasteiger partial charge in [0.2, 0.25) is 0 Å². The van der Waals surface area contributed by atoms with Crippen LogP contribution in [0, 0.1) is 0 Å². The molecule has 0 spiro atoms. The van der Waals surface area contributed by atoms with Crippen LogP contribution >= 0.6 is 0 Å². The highest BCUT2D eigenvalue weighted by molar-refractivity contribution is 5.94. The molecule has 0 aliphatic carbocycles. The molecule has 3 rings (SSSR count). The largest absolute Gasteiger partial charge is 0.487 e. The lowest BCUT2D eigenvalue weighted by atomic mass is 10.2. The van der Waals surface area contributed by atoms with E-state index in [9.17, 15) is 9.59 Å². The maximum Gasteiger partial charge on any atom is 0.307 e. The van der Waals surface area contributed by atoms with Gasteiger partial charge in [0, 0.05) is 24.5 Å². The van der Waals surface area contributed by atoms with Gasteiger partial charge in [0.15, 0.2) is 0 Å². The average molecular weight is 381 g/mol. The van der Waals surface area contributed by atoms with Crippen molar-refractivity contribution in [2.24, 2.45) is 0 Å². The SMILES string of the molecule is CC(C)OC(=O)CCNC(=O)c1cccc(OCc2cn3ccccc3n2)c1. The summed E-state index contributed by atoms with van der Waals surface area (Å²) < 4.78 is 12.7. The van der Waals surface area contributed by atoms with Gasteiger partial charge in [-0.05, 0) is 44.2 Å². The number of aromatic nitrogens is 2. The Labute approximate surface area is 163 Å². The van der Waals surface area contributed by atoms with Gasteiger partial charge < -0.3 is 19.2 Å². The molecule has 2 heterocycles. The summed E-state index contributed by atoms with van der Waals surface area (Å²) in [6.07, 6.45) is 3.80. The first-order valence-corrected chi connectivity index (χ1v) is 9.14. The lowest BCUT2D eigenvalue weighted by Crippen LogP contribution is -2.27. The Morgan fingerprint density at radius 2 is 2.04 bits per heavy atom. The third kappa shape index (κ3) is 5.33. The number of carbonyl (C=O) groups is 2. The monoisotopic (exact) mass is 381 g/mol. The van der Waals surface area contributed by atoms with Crippen LogP contribution in [0.2, 0.25) is 0 Å². The first-order chi connectivity index (χ1) is 13.5. The Kier molecular flexibility index (Phi) is 6.26. The number of ether oxygens (including phenoxy) is 2. The van der Waals surface area contributed by atoms with Crippen LogP contribution in [0.3, 0.4) is 0 Å². The summed E-state index contributed by atoms with van der Waals surface area (Å²) in [6, 6.07) is 12.7. The molecule has 0 aliphatic heterocycles. The van der Waals surface area contributed by atoms with Gasteiger partial charge in [-0.15, -0.1) is 0 Å². The maximum atomic E-state index is 12.3. The predicted octanol–water partition coefficient (Wildman–Crippen LogP) is 2.98. The number of esters is 1. The topological polar surface area (TPSA) is 81.9 Å². The molecule has 0 radical (unpaired) electrons. The molecule has 7 heteroatoms. The van der Waals surface area contributed by atoms with Crippen molar-refractivity contribution in [1.82, 2.24) is 14.7 Å². The van der Waals surface area contributed by atoms with Crippen molar-refractivity contribution in [3.8, 4) is 5.75 Å². The van der Waals surface area contributed by atoms with Crippen molar-refractivity contribution in [3.05, 3.63) is 66.1 Å². The molecular formula is C21H23N3O4. The molecular weight excluding hydrogens is 358 g/mol. The van der Waals surface area contributed by atoms with Crippen LogP contribution in [-0.2, 0) is 16.1 Å². The van der Waals surface area contributed by atoms with E-state index in [0.717, 1.165) is 11.3 Å². The van der Waals surface area contributed by atoms with E-state index in [1.54, 1.807) is 38.1 Å². The van der Waals surface area contributed by atoms with Crippen LogP contribution < -0.4 is 10.1 Å². The maximum absolute atomic E-state index is 12.3. The molecule has 1 N–H and O–H groups in total. The number of rotatable bonds is 8. The minimum atomic E-state index is -0.333. The minimum Gasteiger partial charge on any atom is -0.487 e. The second-order valence-corrected chi connectivity index (χ2v) is 6.56. The van der Waals surface area contributed by atoms with Gasteiger partial charge in [0.05, 0.1) is 18.2 Å². The molecule has 1 amide bonds. The summed E-state index contributed by atoms with van der Waals surface area (Å²) in [7, 11) is 0. The second kappa shape index (κ2) is 9.03. The third-order valence-electron chi connectivity index (χ3n) is 3.88. The van der Waals surface area contributed by atoms with Crippen LogP contribution in [0.25, 0.3) is 5.65 Å². The first-order valence-electron chi connectivity index (χ1n) is 9.14. The van der Waals surface area contributed by atoms with E-state index in [0.29, 0.717) is 17.9 Å². The molecule has 3 aromatic rings. The van der Waals surface area contributed by atoms with E-state index in [4.69, 9.17) is 9.47 Å². The molecule has 0 bridgehead atoms. The van der Waals surface area contributed by atoms with E-state index in [1.807, 2.05) is 35.0 Å². The van der Waals surface area contributed by atoms with Gasteiger partial charge in [-0.25, -0.2) is 4.98 Å². The molecule has 28 heavy (non-hydrogen) atoms. The molecule has 2 aromatic heterocycles. The quantitative estimate of drug-likeness (QED) is 0.607. The summed E-state index contributed by atoms with van der Waals surface area (Å²) in [6.45, 7) is 4.09. The lowest BCUT2D eigenvalue weighted by Gasteiger charge is -2.09. The summed E-state index contributed by atoms with van der Waals surface area (Å²) in [5.74, 6) is -0.0284. The molecule has 0 saturated carbocycles. The van der Waals surface area contributed by atoms with Gasteiger partial charge in [-0.2, -0.15) is 0 Å². The highest BCUT2D eigenvalue weighted by atomic mass is 16.5. The highest BCUT2D eigenvalue weighted by Gasteiger charge is 2.10. The smallest absolute Gasteiger partial charge is 0.307 e. The van der Waals surface area contributed by atoms with Crippen LogP contribution in [0.5, 0.6) is 5.75 Å². The Morgan fingerprint density at radius 3 is 2.82 bits per heavy atom. The number of nitrogens with one attached hydrogen (secondary N) is 1. The van der Waals surface area contributed by atoms with Crippen molar-refractivity contribution < 1.29 is 19.1 Å². The number of benzene rings is 1. The normalized spacial score (nSPS) is 10.8. The Hall–Kier alpha value is -3.35. The van der Waals surface area contributed by atoms with E-state index in [1.165, 1.54) is 0 Å². The molecule has 0 fully saturated rings. The van der Waals surface area contributed by atoms with Crippen molar-refractivity contribution in [2.75, 3.05) is 6.54 Å². The zero-order valence-electron chi connectivity index (χ0n) is 15.9. The van der Waals surface area contributed by atoms with Gasteiger partial charge in [0.25, 0.3) is 5.91 Å². The number of pyridine rings is 1. The zero-order chi connectivity index (χ0) is 19.9. The van der Waals surface area contributed by atoms with Crippen molar-refractivity contribution in [1.29, 1.82) is 0 Å². The standard InChI is InChI=1S/C21H23N3O4/c1-15(2)28-20(25)9-10-22-21(26)16-6-5-7-18(12-16)27-14-17-13-24-11-4-3-8-19(24)23-17/h3-8,11-13,15H,9-10,14H2,1-2H3,(H,22,26). The molecule has 0 aliphatic rings. The number of hydrogen-bond acceptors (Lipinski definition) is 5. The number of amides is 1. The summed E-state index contributed by atoms with van der Waals surface area (Å²) in [5.41, 5.74) is 2.11. The number of carbonyl (C=O) groups excluding carboxylic acids is 2. The number of nitrogens with zero attached hydrogens (tertiary/aromatic N) is 2. The zero-order valence-corrected chi connectivity index (χ0v) is 15.9. The van der Waals surface area contributed by atoms with E-state index in [2.05, 4.69) is 10.3 Å². The fourth-order valence-electron chi connectivity index (χ4n) is 2.64. The Morgan fingerprint density at radius 1 is 1.18 bits per heavy atom. The first kappa shape index (κ1) is 19.4. The fourth-order valence-corrected chi connectivity index (χ4v) is 2.64. The van der Waals surface area contributed by atoms with Gasteiger partial charge in [-0.1, -0.05) is 12.1 Å². The van der Waals surface area contributed by atoms with Crippen LogP contribution in [-0.4, -0.2) is 33.9 Å². The molecule has 0 saturated heterocycles. The third-order valence-corrected chi connectivity index (χ3v) is 3.88. The lowest BCUT2D eigenvalue weighted by molar-refractivity contribution is -0.147.